The van der Waals surface area contributed by atoms with E-state index in [2.05, 4.69) is 9.80 Å². The van der Waals surface area contributed by atoms with Crippen LogP contribution in [0.5, 0.6) is 0 Å². The lowest BCUT2D eigenvalue weighted by molar-refractivity contribution is -0.143. The molecule has 1 aromatic carbocycles. The minimum absolute atomic E-state index is 0.353. The maximum absolute atomic E-state index is 11.3. The van der Waals surface area contributed by atoms with Crippen LogP contribution < -0.4 is 4.90 Å². The smallest absolute Gasteiger partial charge is 0.320 e. The summed E-state index contributed by atoms with van der Waals surface area (Å²) < 4.78 is 0. The van der Waals surface area contributed by atoms with Crippen molar-refractivity contribution < 1.29 is 9.90 Å². The maximum atomic E-state index is 11.3. The standard InChI is InChI=1S/C15H21ClN2O2/c1-2-5-14(15(19)20)18-10-8-17(9-11-18)13-7-4-3-6-12(13)16/h3-4,6-7,14H,2,5,8-11H2,1H3,(H,19,20). The zero-order chi connectivity index (χ0) is 14.5. The predicted octanol–water partition coefficient (Wildman–Crippen LogP) is 2.72. The Hall–Kier alpha value is -1.26. The highest BCUT2D eigenvalue weighted by atomic mass is 35.5. The molecule has 2 rings (SSSR count). The second kappa shape index (κ2) is 6.95. The summed E-state index contributed by atoms with van der Waals surface area (Å²) in [4.78, 5) is 15.6. The van der Waals surface area contributed by atoms with Gasteiger partial charge in [0, 0.05) is 26.2 Å². The number of hydrogen-bond donors (Lipinski definition) is 1. The molecule has 1 heterocycles. The lowest BCUT2D eigenvalue weighted by Gasteiger charge is -2.39. The number of anilines is 1. The Morgan fingerprint density at radius 2 is 1.95 bits per heavy atom. The molecule has 0 aromatic heterocycles. The van der Waals surface area contributed by atoms with Crippen molar-refractivity contribution in [1.82, 2.24) is 4.90 Å². The van der Waals surface area contributed by atoms with E-state index in [0.717, 1.165) is 43.3 Å². The number of nitrogens with zero attached hydrogens (tertiary/aromatic N) is 2. The van der Waals surface area contributed by atoms with Crippen molar-refractivity contribution >= 4 is 23.3 Å². The SMILES string of the molecule is CCCC(C(=O)O)N1CCN(c2ccccc2Cl)CC1. The van der Waals surface area contributed by atoms with E-state index in [1.807, 2.05) is 31.2 Å². The van der Waals surface area contributed by atoms with Gasteiger partial charge < -0.3 is 10.0 Å². The molecule has 1 N–H and O–H groups in total. The average Bonchev–Trinajstić information content (AvgIpc) is 2.45. The highest BCUT2D eigenvalue weighted by molar-refractivity contribution is 6.33. The van der Waals surface area contributed by atoms with Crippen molar-refractivity contribution in [2.75, 3.05) is 31.1 Å². The number of rotatable bonds is 5. The zero-order valence-corrected chi connectivity index (χ0v) is 12.5. The quantitative estimate of drug-likeness (QED) is 0.907. The fourth-order valence-corrected chi connectivity index (χ4v) is 2.97. The maximum Gasteiger partial charge on any atom is 0.320 e. The van der Waals surface area contributed by atoms with E-state index >= 15 is 0 Å². The van der Waals surface area contributed by atoms with E-state index in [9.17, 15) is 9.90 Å². The first-order valence-corrected chi connectivity index (χ1v) is 7.47. The Labute approximate surface area is 124 Å². The molecule has 1 atom stereocenters. The Balaban J connectivity index is 1.98. The third kappa shape index (κ3) is 3.44. The molecule has 0 aliphatic carbocycles. The van der Waals surface area contributed by atoms with E-state index in [1.165, 1.54) is 0 Å². The second-order valence-electron chi connectivity index (χ2n) is 5.12. The van der Waals surface area contributed by atoms with Gasteiger partial charge in [-0.05, 0) is 18.6 Å². The molecular formula is C15H21ClN2O2. The lowest BCUT2D eigenvalue weighted by Crippen LogP contribution is -2.52. The molecule has 0 amide bonds. The highest BCUT2D eigenvalue weighted by Gasteiger charge is 2.28. The minimum Gasteiger partial charge on any atom is -0.480 e. The van der Waals surface area contributed by atoms with Gasteiger partial charge in [0.1, 0.15) is 6.04 Å². The van der Waals surface area contributed by atoms with E-state index in [4.69, 9.17) is 11.6 Å². The molecule has 0 spiro atoms. The van der Waals surface area contributed by atoms with E-state index < -0.39 is 5.97 Å². The Morgan fingerprint density at radius 3 is 2.50 bits per heavy atom. The summed E-state index contributed by atoms with van der Waals surface area (Å²) in [5.41, 5.74) is 1.04. The number of carboxylic acid groups (broad SMARTS) is 1. The summed E-state index contributed by atoms with van der Waals surface area (Å²) >= 11 is 6.21. The first-order valence-electron chi connectivity index (χ1n) is 7.09. The number of hydrogen-bond acceptors (Lipinski definition) is 3. The molecule has 110 valence electrons. The molecular weight excluding hydrogens is 276 g/mol. The van der Waals surface area contributed by atoms with Gasteiger partial charge in [-0.3, -0.25) is 9.69 Å². The molecule has 1 aromatic rings. The number of carboxylic acids is 1. The van der Waals surface area contributed by atoms with Gasteiger partial charge in [-0.2, -0.15) is 0 Å². The first-order chi connectivity index (χ1) is 9.63. The summed E-state index contributed by atoms with van der Waals surface area (Å²) in [7, 11) is 0. The van der Waals surface area contributed by atoms with Crippen molar-refractivity contribution in [3.05, 3.63) is 29.3 Å². The lowest BCUT2D eigenvalue weighted by atomic mass is 10.1. The molecule has 0 bridgehead atoms. The van der Waals surface area contributed by atoms with Crippen LogP contribution in [0, 0.1) is 0 Å². The second-order valence-corrected chi connectivity index (χ2v) is 5.52. The van der Waals surface area contributed by atoms with Crippen molar-refractivity contribution in [1.29, 1.82) is 0 Å². The van der Waals surface area contributed by atoms with Crippen molar-refractivity contribution in [2.24, 2.45) is 0 Å². The highest BCUT2D eigenvalue weighted by Crippen LogP contribution is 2.26. The topological polar surface area (TPSA) is 43.8 Å². The zero-order valence-electron chi connectivity index (χ0n) is 11.8. The van der Waals surface area contributed by atoms with Crippen LogP contribution in [0.3, 0.4) is 0 Å². The number of piperazine rings is 1. The number of benzene rings is 1. The van der Waals surface area contributed by atoms with E-state index in [1.54, 1.807) is 0 Å². The van der Waals surface area contributed by atoms with Gasteiger partial charge in [-0.15, -0.1) is 0 Å². The molecule has 4 nitrogen and oxygen atoms in total. The normalized spacial score (nSPS) is 18.0. The van der Waals surface area contributed by atoms with Crippen LogP contribution in [0.15, 0.2) is 24.3 Å². The summed E-state index contributed by atoms with van der Waals surface area (Å²) in [6.45, 7) is 5.19. The molecule has 1 aliphatic heterocycles. The molecule has 1 unspecified atom stereocenters. The Kier molecular flexibility index (Phi) is 5.26. The van der Waals surface area contributed by atoms with Crippen LogP contribution in [0.4, 0.5) is 5.69 Å². The van der Waals surface area contributed by atoms with Gasteiger partial charge in [-0.25, -0.2) is 0 Å². The molecule has 1 aliphatic rings. The summed E-state index contributed by atoms with van der Waals surface area (Å²) in [5, 5.41) is 10.1. The fourth-order valence-electron chi connectivity index (χ4n) is 2.72. The predicted molar refractivity (Wildman–Crippen MR) is 81.6 cm³/mol. The largest absolute Gasteiger partial charge is 0.480 e. The molecule has 1 saturated heterocycles. The van der Waals surface area contributed by atoms with Crippen molar-refractivity contribution in [2.45, 2.75) is 25.8 Å². The minimum atomic E-state index is -0.710. The van der Waals surface area contributed by atoms with Gasteiger partial charge >= 0.3 is 5.97 Å². The van der Waals surface area contributed by atoms with Crippen LogP contribution in [0.1, 0.15) is 19.8 Å². The van der Waals surface area contributed by atoms with Crippen LogP contribution >= 0.6 is 11.6 Å². The first kappa shape index (κ1) is 15.1. The van der Waals surface area contributed by atoms with Crippen LogP contribution in [-0.4, -0.2) is 48.2 Å². The summed E-state index contributed by atoms with van der Waals surface area (Å²) in [5.74, 6) is -0.710. The monoisotopic (exact) mass is 296 g/mol. The van der Waals surface area contributed by atoms with Gasteiger partial charge in [0.15, 0.2) is 0 Å². The van der Waals surface area contributed by atoms with Crippen LogP contribution in [0.25, 0.3) is 0 Å². The molecule has 20 heavy (non-hydrogen) atoms. The van der Waals surface area contributed by atoms with E-state index in [-0.39, 0.29) is 6.04 Å². The third-order valence-electron chi connectivity index (χ3n) is 3.80. The molecule has 1 fully saturated rings. The number of halogens is 1. The van der Waals surface area contributed by atoms with Gasteiger partial charge in [-0.1, -0.05) is 37.1 Å². The van der Waals surface area contributed by atoms with Crippen molar-refractivity contribution in [3.63, 3.8) is 0 Å². The number of aliphatic carboxylic acids is 1. The van der Waals surface area contributed by atoms with Crippen molar-refractivity contribution in [3.8, 4) is 0 Å². The Morgan fingerprint density at radius 1 is 1.30 bits per heavy atom. The van der Waals surface area contributed by atoms with Gasteiger partial charge in [0.25, 0.3) is 0 Å². The number of para-hydroxylation sites is 1. The van der Waals surface area contributed by atoms with Gasteiger partial charge in [0.2, 0.25) is 0 Å². The van der Waals surface area contributed by atoms with Crippen LogP contribution in [-0.2, 0) is 4.79 Å². The summed E-state index contributed by atoms with van der Waals surface area (Å²) in [6.07, 6.45) is 1.60. The van der Waals surface area contributed by atoms with E-state index in [0.29, 0.717) is 6.42 Å². The molecule has 0 saturated carbocycles. The molecule has 5 heteroatoms. The molecule has 0 radical (unpaired) electrons. The summed E-state index contributed by atoms with van der Waals surface area (Å²) in [6, 6.07) is 7.45. The third-order valence-corrected chi connectivity index (χ3v) is 4.11. The average molecular weight is 297 g/mol. The Bertz CT molecular complexity index is 459. The fraction of sp³-hybridized carbons (Fsp3) is 0.533. The number of carbonyl (C=O) groups is 1. The van der Waals surface area contributed by atoms with Crippen LogP contribution in [0.2, 0.25) is 5.02 Å². The van der Waals surface area contributed by atoms with Gasteiger partial charge in [0.05, 0.1) is 10.7 Å².